The van der Waals surface area contributed by atoms with Gasteiger partial charge in [0.05, 0.1) is 11.0 Å². The summed E-state index contributed by atoms with van der Waals surface area (Å²) in [5, 5.41) is 11.0. The topological polar surface area (TPSA) is 9.86 Å². The van der Waals surface area contributed by atoms with Crippen LogP contribution in [0.25, 0.3) is 95.3 Å². The lowest BCUT2D eigenvalue weighted by molar-refractivity contribution is 1.17. The highest BCUT2D eigenvalue weighted by Gasteiger charge is 2.44. The molecular weight excluding hydrogens is 826 g/mol. The third-order valence-corrected chi connectivity index (χ3v) is 19.2. The van der Waals surface area contributed by atoms with Gasteiger partial charge in [-0.05, 0) is 88.6 Å². The monoisotopic (exact) mass is 852 g/mol. The van der Waals surface area contributed by atoms with Gasteiger partial charge in [-0.15, -0.1) is 22.7 Å². The van der Waals surface area contributed by atoms with Crippen LogP contribution in [0.3, 0.4) is 0 Å². The van der Waals surface area contributed by atoms with Gasteiger partial charge in [0, 0.05) is 104 Å². The second kappa shape index (κ2) is 11.1. The number of thiophene rings is 2. The number of nitrogens with zero attached hydrogens (tertiary/aromatic N) is 2. The standard InChI is InChI=1S/C54H26B2N2S4/c1-3-17-39-27(9-1)49-41(59-39)23-21-35-47(49)29-11-5-13-31-53(29)57(35)37-15-7-19-43-51(37)55(31)33-25-34-46(26-45(33)61-43)62-44-20-8-16-38-52(44)56(34)32-14-6-12-30-48-36(58(38)54(30)32)22-24-42-50(48)28-10-2-4-18-40(28)60-42/h1-26H. The number of hydrogen-bond acceptors (Lipinski definition) is 4. The average molecular weight is 853 g/mol. The molecule has 0 spiro atoms. The quantitative estimate of drug-likeness (QED) is 0.141. The van der Waals surface area contributed by atoms with Crippen LogP contribution >= 0.6 is 46.2 Å². The highest BCUT2D eigenvalue weighted by Crippen LogP contribution is 2.47. The minimum atomic E-state index is 0.130. The minimum Gasteiger partial charge on any atom is -0.310 e. The van der Waals surface area contributed by atoms with Gasteiger partial charge in [0.15, 0.2) is 0 Å². The van der Waals surface area contributed by atoms with E-state index in [-0.39, 0.29) is 13.4 Å². The molecule has 2 nitrogen and oxygen atoms in total. The van der Waals surface area contributed by atoms with Crippen LogP contribution in [0.4, 0.5) is 0 Å². The second-order valence-corrected chi connectivity index (χ2v) is 21.7. The summed E-state index contributed by atoms with van der Waals surface area (Å²) in [5.41, 5.74) is 16.6. The van der Waals surface area contributed by atoms with Gasteiger partial charge < -0.3 is 9.13 Å². The summed E-state index contributed by atoms with van der Waals surface area (Å²) in [7, 11) is 0. The van der Waals surface area contributed by atoms with Crippen molar-refractivity contribution in [2.75, 3.05) is 0 Å². The van der Waals surface area contributed by atoms with E-state index >= 15 is 0 Å². The summed E-state index contributed by atoms with van der Waals surface area (Å²) < 4.78 is 10.6. The van der Waals surface area contributed by atoms with Crippen LogP contribution in [0.5, 0.6) is 0 Å². The van der Waals surface area contributed by atoms with Crippen molar-refractivity contribution in [2.24, 2.45) is 0 Å². The third-order valence-electron chi connectivity index (χ3n) is 14.6. The largest absolute Gasteiger partial charge is 0.310 e. The fourth-order valence-electron chi connectivity index (χ4n) is 12.4. The molecule has 0 bridgehead atoms. The first-order chi connectivity index (χ1) is 30.8. The van der Waals surface area contributed by atoms with Gasteiger partial charge in [-0.2, -0.15) is 0 Å². The van der Waals surface area contributed by atoms with Gasteiger partial charge >= 0.3 is 0 Å². The van der Waals surface area contributed by atoms with Crippen LogP contribution in [0.1, 0.15) is 0 Å². The number of para-hydroxylation sites is 2. The van der Waals surface area contributed by atoms with Crippen molar-refractivity contribution >= 4 is 176 Å². The maximum absolute atomic E-state index is 2.66. The van der Waals surface area contributed by atoms with Crippen molar-refractivity contribution in [3.8, 4) is 11.4 Å². The van der Waals surface area contributed by atoms with E-state index in [1.165, 1.54) is 148 Å². The van der Waals surface area contributed by atoms with Gasteiger partial charge in [0.25, 0.3) is 0 Å². The first-order valence-corrected chi connectivity index (χ1v) is 24.6. The SMILES string of the molecule is c1cc2c3c(c1)-n1c4ccc5sc6ccccc6c5c4c4cccc(c41)B3c1cc3c(cc1S2)Sc1cccc2c1B3c1cccc3c4c5c(ccc4n-2c13)sc1ccccc15. The van der Waals surface area contributed by atoms with Crippen LogP contribution in [0.15, 0.2) is 177 Å². The summed E-state index contributed by atoms with van der Waals surface area (Å²) in [6.07, 6.45) is 0. The minimum absolute atomic E-state index is 0.130. The molecule has 0 saturated carbocycles. The Labute approximate surface area is 371 Å². The average Bonchev–Trinajstić information content (AvgIpc) is 4.07. The molecule has 4 aromatic heterocycles. The molecule has 17 rings (SSSR count). The Hall–Kier alpha value is -6.15. The van der Waals surface area contributed by atoms with Crippen LogP contribution in [0.2, 0.25) is 0 Å². The van der Waals surface area contributed by atoms with Crippen LogP contribution in [-0.2, 0) is 0 Å². The second-order valence-electron chi connectivity index (χ2n) is 17.4. The molecule has 282 valence electrons. The van der Waals surface area contributed by atoms with Gasteiger partial charge in [0.1, 0.15) is 0 Å². The highest BCUT2D eigenvalue weighted by atomic mass is 32.2. The Morgan fingerprint density at radius 2 is 0.806 bits per heavy atom. The fourth-order valence-corrected chi connectivity index (χ4v) is 17.1. The number of rotatable bonds is 0. The van der Waals surface area contributed by atoms with Crippen molar-refractivity contribution in [1.82, 2.24) is 9.13 Å². The van der Waals surface area contributed by atoms with E-state index in [0.29, 0.717) is 0 Å². The molecular formula is C54H26B2N2S4. The summed E-state index contributed by atoms with van der Waals surface area (Å²) in [5.74, 6) is 0. The molecule has 8 heterocycles. The van der Waals surface area contributed by atoms with Crippen molar-refractivity contribution < 1.29 is 0 Å². The van der Waals surface area contributed by atoms with Crippen molar-refractivity contribution in [3.63, 3.8) is 0 Å². The number of aromatic nitrogens is 2. The highest BCUT2D eigenvalue weighted by molar-refractivity contribution is 8.01. The number of benzene rings is 9. The summed E-state index contributed by atoms with van der Waals surface area (Å²) >= 11 is 7.76. The van der Waals surface area contributed by atoms with E-state index in [9.17, 15) is 0 Å². The van der Waals surface area contributed by atoms with E-state index in [1.54, 1.807) is 0 Å². The number of fused-ring (bicyclic) bond motifs is 22. The maximum atomic E-state index is 2.66. The summed E-state index contributed by atoms with van der Waals surface area (Å²) in [6, 6.07) is 61.0. The number of hydrogen-bond donors (Lipinski definition) is 0. The van der Waals surface area contributed by atoms with Crippen LogP contribution < -0.4 is 32.8 Å². The molecule has 9 aromatic carbocycles. The molecule has 4 aliphatic heterocycles. The van der Waals surface area contributed by atoms with Crippen molar-refractivity contribution in [2.45, 2.75) is 19.6 Å². The Balaban J connectivity index is 0.952. The lowest BCUT2D eigenvalue weighted by Crippen LogP contribution is -2.62. The van der Waals surface area contributed by atoms with E-state index < -0.39 is 0 Å². The predicted octanol–water partition coefficient (Wildman–Crippen LogP) is 11.2. The van der Waals surface area contributed by atoms with Crippen molar-refractivity contribution in [3.05, 3.63) is 158 Å². The zero-order valence-corrected chi connectivity index (χ0v) is 36.0. The summed E-state index contributed by atoms with van der Waals surface area (Å²) in [6.45, 7) is 0.260. The van der Waals surface area contributed by atoms with Crippen molar-refractivity contribution in [1.29, 1.82) is 0 Å². The van der Waals surface area contributed by atoms with Crippen LogP contribution in [-0.4, -0.2) is 22.6 Å². The Morgan fingerprint density at radius 1 is 0.339 bits per heavy atom. The molecule has 0 amide bonds. The molecule has 0 N–H and O–H groups in total. The van der Waals surface area contributed by atoms with Gasteiger partial charge in [-0.1, -0.05) is 125 Å². The molecule has 0 radical (unpaired) electrons. The lowest BCUT2D eigenvalue weighted by atomic mass is 9.32. The van der Waals surface area contributed by atoms with Gasteiger partial charge in [0.2, 0.25) is 13.4 Å². The van der Waals surface area contributed by atoms with E-state index in [2.05, 4.69) is 167 Å². The molecule has 0 fully saturated rings. The molecule has 0 unspecified atom stereocenters. The zero-order chi connectivity index (χ0) is 39.7. The van der Waals surface area contributed by atoms with Gasteiger partial charge in [-0.25, -0.2) is 0 Å². The maximum Gasteiger partial charge on any atom is 0.249 e. The molecule has 8 heteroatoms. The lowest BCUT2D eigenvalue weighted by Gasteiger charge is -2.36. The smallest absolute Gasteiger partial charge is 0.249 e. The van der Waals surface area contributed by atoms with E-state index in [4.69, 9.17) is 0 Å². The first-order valence-electron chi connectivity index (χ1n) is 21.3. The Bertz CT molecular complexity index is 4050. The molecule has 4 aliphatic rings. The normalized spacial score (nSPS) is 14.3. The first kappa shape index (κ1) is 32.5. The van der Waals surface area contributed by atoms with Gasteiger partial charge in [-0.3, -0.25) is 0 Å². The zero-order valence-electron chi connectivity index (χ0n) is 32.7. The van der Waals surface area contributed by atoms with E-state index in [0.717, 1.165) is 0 Å². The molecule has 0 aliphatic carbocycles. The molecule has 0 saturated heterocycles. The molecule has 13 aromatic rings. The Morgan fingerprint density at radius 3 is 1.32 bits per heavy atom. The molecule has 62 heavy (non-hydrogen) atoms. The van der Waals surface area contributed by atoms with Crippen LogP contribution in [0, 0.1) is 0 Å². The third kappa shape index (κ3) is 3.69. The summed E-state index contributed by atoms with van der Waals surface area (Å²) in [4.78, 5) is 5.50. The predicted molar refractivity (Wildman–Crippen MR) is 271 cm³/mol. The van der Waals surface area contributed by atoms with E-state index in [1.807, 2.05) is 46.2 Å². The molecule has 0 atom stereocenters. The fraction of sp³-hybridized carbons (Fsp3) is 0. The Kier molecular flexibility index (Phi) is 5.81.